The van der Waals surface area contributed by atoms with E-state index in [2.05, 4.69) is 15.3 Å². The molecule has 1 aromatic carbocycles. The molecule has 124 valence electrons. The molecule has 3 aromatic heterocycles. The van der Waals surface area contributed by atoms with E-state index in [9.17, 15) is 4.79 Å². The number of benzene rings is 1. The highest BCUT2D eigenvalue weighted by Gasteiger charge is 2.09. The summed E-state index contributed by atoms with van der Waals surface area (Å²) in [7, 11) is 0. The van der Waals surface area contributed by atoms with Crippen LogP contribution in [0, 0.1) is 0 Å². The number of aromatic nitrogens is 3. The lowest BCUT2D eigenvalue weighted by Crippen LogP contribution is -2.25. The molecule has 0 fully saturated rings. The first kappa shape index (κ1) is 15.5. The number of hydrogen-bond acceptors (Lipinski definition) is 4. The van der Waals surface area contributed by atoms with Crippen molar-refractivity contribution >= 4 is 22.9 Å². The summed E-state index contributed by atoms with van der Waals surface area (Å²) in [5, 5.41) is 5.90. The molecule has 0 atom stereocenters. The van der Waals surface area contributed by atoms with Crippen LogP contribution in [0.3, 0.4) is 0 Å². The zero-order chi connectivity index (χ0) is 17.1. The van der Waals surface area contributed by atoms with E-state index in [1.54, 1.807) is 23.6 Å². The van der Waals surface area contributed by atoms with Gasteiger partial charge in [0, 0.05) is 42.5 Å². The van der Waals surface area contributed by atoms with Crippen LogP contribution in [0.15, 0.2) is 66.4 Å². The normalized spacial score (nSPS) is 10.9. The molecule has 0 saturated carbocycles. The summed E-state index contributed by atoms with van der Waals surface area (Å²) in [5.41, 5.74) is 3.38. The van der Waals surface area contributed by atoms with Gasteiger partial charge in [-0.15, -0.1) is 11.3 Å². The van der Waals surface area contributed by atoms with Crippen molar-refractivity contribution in [2.24, 2.45) is 0 Å². The number of carbonyl (C=O) groups excluding carboxylic acids is 1. The lowest BCUT2D eigenvalue weighted by Gasteiger charge is -2.04. The molecule has 0 bridgehead atoms. The molecule has 1 amide bonds. The van der Waals surface area contributed by atoms with Crippen molar-refractivity contribution in [1.82, 2.24) is 19.7 Å². The Kier molecular flexibility index (Phi) is 4.26. The van der Waals surface area contributed by atoms with Crippen LogP contribution in [-0.4, -0.2) is 26.8 Å². The van der Waals surface area contributed by atoms with Gasteiger partial charge in [0.15, 0.2) is 0 Å². The number of imidazole rings is 1. The van der Waals surface area contributed by atoms with Gasteiger partial charge < -0.3 is 9.72 Å². The summed E-state index contributed by atoms with van der Waals surface area (Å²) in [6.45, 7) is 0.573. The Morgan fingerprint density at radius 3 is 2.80 bits per heavy atom. The summed E-state index contributed by atoms with van der Waals surface area (Å²) < 4.78 is 1.89. The van der Waals surface area contributed by atoms with E-state index in [4.69, 9.17) is 0 Å². The van der Waals surface area contributed by atoms with Crippen molar-refractivity contribution in [1.29, 1.82) is 0 Å². The Hall–Kier alpha value is -2.99. The topological polar surface area (TPSA) is 59.3 Å². The smallest absolute Gasteiger partial charge is 0.252 e. The van der Waals surface area contributed by atoms with E-state index < -0.39 is 0 Å². The number of pyridine rings is 1. The van der Waals surface area contributed by atoms with Crippen molar-refractivity contribution in [2.45, 2.75) is 6.42 Å². The van der Waals surface area contributed by atoms with Crippen molar-refractivity contribution in [3.05, 3.63) is 77.0 Å². The highest BCUT2D eigenvalue weighted by atomic mass is 32.1. The van der Waals surface area contributed by atoms with E-state index in [-0.39, 0.29) is 5.91 Å². The van der Waals surface area contributed by atoms with E-state index in [1.807, 2.05) is 58.6 Å². The lowest BCUT2D eigenvalue weighted by molar-refractivity contribution is 0.0953. The van der Waals surface area contributed by atoms with Gasteiger partial charge >= 0.3 is 0 Å². The third-order valence-electron chi connectivity index (χ3n) is 3.89. The summed E-state index contributed by atoms with van der Waals surface area (Å²) >= 11 is 1.60. The molecule has 0 saturated heterocycles. The van der Waals surface area contributed by atoms with Crippen LogP contribution in [0.1, 0.15) is 15.4 Å². The van der Waals surface area contributed by atoms with Gasteiger partial charge in [-0.3, -0.25) is 4.79 Å². The molecule has 6 heteroatoms. The average molecular weight is 348 g/mol. The Bertz CT molecular complexity index is 993. The summed E-state index contributed by atoms with van der Waals surface area (Å²) in [6, 6.07) is 13.7. The van der Waals surface area contributed by atoms with E-state index in [1.165, 1.54) is 0 Å². The van der Waals surface area contributed by atoms with Crippen LogP contribution >= 0.6 is 11.3 Å². The molecule has 4 aromatic rings. The maximum absolute atomic E-state index is 12.3. The third-order valence-corrected chi connectivity index (χ3v) is 4.73. The molecule has 5 nitrogen and oxygen atoms in total. The Balaban J connectivity index is 1.49. The molecule has 4 rings (SSSR count). The highest BCUT2D eigenvalue weighted by Crippen LogP contribution is 2.19. The van der Waals surface area contributed by atoms with Crippen molar-refractivity contribution in [3.63, 3.8) is 0 Å². The van der Waals surface area contributed by atoms with Gasteiger partial charge in [0.25, 0.3) is 5.91 Å². The third kappa shape index (κ3) is 3.44. The fourth-order valence-corrected chi connectivity index (χ4v) is 3.26. The minimum atomic E-state index is -0.0894. The molecule has 0 unspecified atom stereocenters. The SMILES string of the molecule is O=C(NCCc1nccs1)c1ccc2nc(-c3ccccc3)cn2c1. The van der Waals surface area contributed by atoms with Gasteiger partial charge in [0.05, 0.1) is 16.3 Å². The number of carbonyl (C=O) groups is 1. The fraction of sp³-hybridized carbons (Fsp3) is 0.105. The number of fused-ring (bicyclic) bond motifs is 1. The molecular formula is C19H16N4OS. The second-order valence-corrected chi connectivity index (χ2v) is 6.59. The number of thiazole rings is 1. The maximum Gasteiger partial charge on any atom is 0.252 e. The second-order valence-electron chi connectivity index (χ2n) is 5.61. The standard InChI is InChI=1S/C19H16N4OS/c24-19(21-9-8-18-20-10-11-25-18)15-6-7-17-22-16(13-23(17)12-15)14-4-2-1-3-5-14/h1-7,10-13H,8-9H2,(H,21,24). The lowest BCUT2D eigenvalue weighted by atomic mass is 10.2. The van der Waals surface area contributed by atoms with E-state index >= 15 is 0 Å². The van der Waals surface area contributed by atoms with Gasteiger partial charge in [-0.25, -0.2) is 9.97 Å². The minimum absolute atomic E-state index is 0.0894. The van der Waals surface area contributed by atoms with Crippen LogP contribution in [0.2, 0.25) is 0 Å². The predicted octanol–water partition coefficient (Wildman–Crippen LogP) is 3.43. The zero-order valence-corrected chi connectivity index (χ0v) is 14.2. The monoisotopic (exact) mass is 348 g/mol. The first-order valence-corrected chi connectivity index (χ1v) is 8.88. The molecule has 3 heterocycles. The second kappa shape index (κ2) is 6.86. The number of amides is 1. The largest absolute Gasteiger partial charge is 0.352 e. The number of hydrogen-bond donors (Lipinski definition) is 1. The van der Waals surface area contributed by atoms with Crippen LogP contribution in [0.5, 0.6) is 0 Å². The molecule has 0 aliphatic heterocycles. The molecule has 0 radical (unpaired) electrons. The van der Waals surface area contributed by atoms with Crippen LogP contribution < -0.4 is 5.32 Å². The van der Waals surface area contributed by atoms with E-state index in [0.717, 1.165) is 28.3 Å². The van der Waals surface area contributed by atoms with Gasteiger partial charge in [-0.05, 0) is 12.1 Å². The van der Waals surface area contributed by atoms with Crippen LogP contribution in [0.25, 0.3) is 16.9 Å². The van der Waals surface area contributed by atoms with Gasteiger partial charge in [0.1, 0.15) is 5.65 Å². The number of rotatable bonds is 5. The Labute approximate surface area is 149 Å². The van der Waals surface area contributed by atoms with Gasteiger partial charge in [-0.1, -0.05) is 30.3 Å². The molecular weight excluding hydrogens is 332 g/mol. The fourth-order valence-electron chi connectivity index (χ4n) is 2.64. The predicted molar refractivity (Wildman–Crippen MR) is 98.8 cm³/mol. The van der Waals surface area contributed by atoms with Crippen molar-refractivity contribution in [2.75, 3.05) is 6.54 Å². The zero-order valence-electron chi connectivity index (χ0n) is 13.4. The van der Waals surface area contributed by atoms with Crippen LogP contribution in [-0.2, 0) is 6.42 Å². The summed E-state index contributed by atoms with van der Waals surface area (Å²) in [6.07, 6.45) is 6.28. The average Bonchev–Trinajstić information content (AvgIpc) is 3.31. The Morgan fingerprint density at radius 2 is 2.00 bits per heavy atom. The highest BCUT2D eigenvalue weighted by molar-refractivity contribution is 7.09. The van der Waals surface area contributed by atoms with Crippen molar-refractivity contribution in [3.8, 4) is 11.3 Å². The first-order chi connectivity index (χ1) is 12.3. The van der Waals surface area contributed by atoms with Gasteiger partial charge in [0.2, 0.25) is 0 Å². The number of nitrogens with zero attached hydrogens (tertiary/aromatic N) is 3. The molecule has 0 aliphatic rings. The van der Waals surface area contributed by atoms with Crippen molar-refractivity contribution < 1.29 is 4.79 Å². The molecule has 25 heavy (non-hydrogen) atoms. The summed E-state index contributed by atoms with van der Waals surface area (Å²) in [5.74, 6) is -0.0894. The molecule has 0 spiro atoms. The van der Waals surface area contributed by atoms with Gasteiger partial charge in [-0.2, -0.15) is 0 Å². The molecule has 0 aliphatic carbocycles. The minimum Gasteiger partial charge on any atom is -0.352 e. The quantitative estimate of drug-likeness (QED) is 0.601. The molecule has 1 N–H and O–H groups in total. The number of nitrogens with one attached hydrogen (secondary N) is 1. The first-order valence-electron chi connectivity index (χ1n) is 8.00. The maximum atomic E-state index is 12.3. The summed E-state index contributed by atoms with van der Waals surface area (Å²) in [4.78, 5) is 21.1. The van der Waals surface area contributed by atoms with E-state index in [0.29, 0.717) is 12.1 Å². The van der Waals surface area contributed by atoms with Crippen LogP contribution in [0.4, 0.5) is 0 Å². The Morgan fingerprint density at radius 1 is 1.12 bits per heavy atom.